The molecule has 0 aromatic carbocycles. The van der Waals surface area contributed by atoms with Gasteiger partial charge in [-0.15, -0.1) is 6.58 Å². The number of thiocarbonyl (C=S) groups is 1. The molecule has 1 fully saturated rings. The van der Waals surface area contributed by atoms with Gasteiger partial charge in [-0.2, -0.15) is 0 Å². The predicted octanol–water partition coefficient (Wildman–Crippen LogP) is 3.99. The van der Waals surface area contributed by atoms with Crippen molar-refractivity contribution < 1.29 is 4.79 Å². The zero-order valence-electron chi connectivity index (χ0n) is 16.6. The standard InChI is InChI=1S/C21H24N4O2S2/c1-4-6-7-10-22-17-15(13-16-20(27)25(11-5-2)21(28)29-16)19(26)24-12-8-9-14(3)18(24)23-17/h5,8-9,12-13,22H,2,4,6-7,10-11H2,1,3H3/b16-13+. The molecule has 0 radical (unpaired) electrons. The third kappa shape index (κ3) is 4.43. The Balaban J connectivity index is 2.08. The highest BCUT2D eigenvalue weighted by Gasteiger charge is 2.31. The quantitative estimate of drug-likeness (QED) is 0.297. The summed E-state index contributed by atoms with van der Waals surface area (Å²) in [5.74, 6) is 0.278. The number of pyridine rings is 1. The van der Waals surface area contributed by atoms with Crippen LogP contribution in [0.5, 0.6) is 0 Å². The number of carbonyl (C=O) groups excluding carboxylic acids is 1. The Morgan fingerprint density at radius 3 is 2.86 bits per heavy atom. The maximum absolute atomic E-state index is 13.2. The number of rotatable bonds is 8. The van der Waals surface area contributed by atoms with Gasteiger partial charge in [0.2, 0.25) is 0 Å². The fraction of sp³-hybridized carbons (Fsp3) is 0.333. The second kappa shape index (κ2) is 9.37. The summed E-state index contributed by atoms with van der Waals surface area (Å²) < 4.78 is 1.98. The lowest BCUT2D eigenvalue weighted by Gasteiger charge is -2.12. The van der Waals surface area contributed by atoms with Crippen LogP contribution >= 0.6 is 24.0 Å². The van der Waals surface area contributed by atoms with E-state index >= 15 is 0 Å². The molecule has 0 spiro atoms. The van der Waals surface area contributed by atoms with Crippen molar-refractivity contribution in [1.82, 2.24) is 14.3 Å². The van der Waals surface area contributed by atoms with Gasteiger partial charge in [0.05, 0.1) is 10.5 Å². The average molecular weight is 429 g/mol. The fourth-order valence-corrected chi connectivity index (χ4v) is 4.33. The second-order valence-electron chi connectivity index (χ2n) is 6.78. The highest BCUT2D eigenvalue weighted by atomic mass is 32.2. The molecule has 1 N–H and O–H groups in total. The van der Waals surface area contributed by atoms with Gasteiger partial charge >= 0.3 is 0 Å². The molecular formula is C21H24N4O2S2. The predicted molar refractivity (Wildman–Crippen MR) is 124 cm³/mol. The first kappa shape index (κ1) is 21.3. The molecule has 3 heterocycles. The van der Waals surface area contributed by atoms with Gasteiger partial charge in [0, 0.05) is 19.3 Å². The minimum Gasteiger partial charge on any atom is -0.369 e. The van der Waals surface area contributed by atoms with Crippen molar-refractivity contribution in [2.75, 3.05) is 18.4 Å². The van der Waals surface area contributed by atoms with Crippen LogP contribution in [-0.2, 0) is 4.79 Å². The van der Waals surface area contributed by atoms with Crippen LogP contribution in [0.25, 0.3) is 11.7 Å². The van der Waals surface area contributed by atoms with Gasteiger partial charge in [0.25, 0.3) is 11.5 Å². The third-order valence-electron chi connectivity index (χ3n) is 4.62. The number of fused-ring (bicyclic) bond motifs is 1. The molecule has 6 nitrogen and oxygen atoms in total. The summed E-state index contributed by atoms with van der Waals surface area (Å²) in [4.78, 5) is 32.5. The Hall–Kier alpha value is -2.45. The SMILES string of the molecule is C=CCN1C(=O)/C(=C\c2c(NCCCCC)nc3c(C)cccn3c2=O)SC1=S. The summed E-state index contributed by atoms with van der Waals surface area (Å²) in [6.07, 6.45) is 8.10. The molecule has 0 saturated carbocycles. The molecule has 1 saturated heterocycles. The Bertz CT molecular complexity index is 1060. The average Bonchev–Trinajstić information content (AvgIpc) is 2.96. The largest absolute Gasteiger partial charge is 0.369 e. The lowest BCUT2D eigenvalue weighted by molar-refractivity contribution is -0.121. The maximum Gasteiger partial charge on any atom is 0.267 e. The second-order valence-corrected chi connectivity index (χ2v) is 8.45. The molecular weight excluding hydrogens is 404 g/mol. The Labute approximate surface area is 179 Å². The van der Waals surface area contributed by atoms with Gasteiger partial charge < -0.3 is 5.32 Å². The summed E-state index contributed by atoms with van der Waals surface area (Å²) in [6.45, 7) is 8.78. The monoisotopic (exact) mass is 428 g/mol. The van der Waals surface area contributed by atoms with E-state index in [9.17, 15) is 9.59 Å². The number of aromatic nitrogens is 2. The van der Waals surface area contributed by atoms with Crippen molar-refractivity contribution in [3.63, 3.8) is 0 Å². The molecule has 0 aliphatic carbocycles. The number of anilines is 1. The molecule has 0 bridgehead atoms. The van der Waals surface area contributed by atoms with E-state index in [1.54, 1.807) is 18.3 Å². The number of carbonyl (C=O) groups is 1. The van der Waals surface area contributed by atoms with Gasteiger partial charge in [0.1, 0.15) is 15.8 Å². The van der Waals surface area contributed by atoms with Crippen LogP contribution in [0.2, 0.25) is 0 Å². The summed E-state index contributed by atoms with van der Waals surface area (Å²) in [6, 6.07) is 3.73. The molecule has 0 atom stereocenters. The summed E-state index contributed by atoms with van der Waals surface area (Å²) in [5, 5.41) is 3.29. The van der Waals surface area contributed by atoms with Crippen LogP contribution in [0.1, 0.15) is 37.3 Å². The van der Waals surface area contributed by atoms with Gasteiger partial charge in [0.15, 0.2) is 0 Å². The molecule has 152 valence electrons. The number of aryl methyl sites for hydroxylation is 1. The molecule has 1 amide bonds. The normalized spacial score (nSPS) is 15.5. The zero-order chi connectivity index (χ0) is 21.0. The first-order valence-electron chi connectivity index (χ1n) is 9.60. The van der Waals surface area contributed by atoms with E-state index in [1.165, 1.54) is 21.1 Å². The van der Waals surface area contributed by atoms with Crippen LogP contribution in [0.3, 0.4) is 0 Å². The fourth-order valence-electron chi connectivity index (χ4n) is 3.08. The van der Waals surface area contributed by atoms with Crippen molar-refractivity contribution in [2.24, 2.45) is 0 Å². The first-order chi connectivity index (χ1) is 14.0. The van der Waals surface area contributed by atoms with Gasteiger partial charge in [-0.25, -0.2) is 4.98 Å². The molecule has 0 unspecified atom stereocenters. The smallest absolute Gasteiger partial charge is 0.267 e. The summed E-state index contributed by atoms with van der Waals surface area (Å²) in [7, 11) is 0. The van der Waals surface area contributed by atoms with E-state index in [-0.39, 0.29) is 11.5 Å². The van der Waals surface area contributed by atoms with Gasteiger partial charge in [-0.05, 0) is 31.1 Å². The molecule has 29 heavy (non-hydrogen) atoms. The zero-order valence-corrected chi connectivity index (χ0v) is 18.2. The topological polar surface area (TPSA) is 66.7 Å². The highest BCUT2D eigenvalue weighted by molar-refractivity contribution is 8.26. The van der Waals surface area contributed by atoms with E-state index in [4.69, 9.17) is 17.2 Å². The van der Waals surface area contributed by atoms with Crippen LogP contribution in [0.15, 0.2) is 40.7 Å². The lowest BCUT2D eigenvalue weighted by atomic mass is 10.2. The van der Waals surface area contributed by atoms with Crippen LogP contribution in [0, 0.1) is 6.92 Å². The number of nitrogens with zero attached hydrogens (tertiary/aromatic N) is 3. The highest BCUT2D eigenvalue weighted by Crippen LogP contribution is 2.33. The van der Waals surface area contributed by atoms with Crippen molar-refractivity contribution in [1.29, 1.82) is 0 Å². The van der Waals surface area contributed by atoms with Crippen LogP contribution in [-0.4, -0.2) is 37.6 Å². The van der Waals surface area contributed by atoms with Gasteiger partial charge in [-0.1, -0.05) is 55.9 Å². The van der Waals surface area contributed by atoms with Crippen molar-refractivity contribution >= 4 is 51.7 Å². The number of hydrogen-bond acceptors (Lipinski definition) is 6. The Morgan fingerprint density at radius 1 is 1.34 bits per heavy atom. The minimum absolute atomic E-state index is 0.217. The lowest BCUT2D eigenvalue weighted by Crippen LogP contribution is -2.28. The van der Waals surface area contributed by atoms with E-state index in [0.29, 0.717) is 39.3 Å². The molecule has 8 heteroatoms. The van der Waals surface area contributed by atoms with Crippen molar-refractivity contribution in [3.05, 3.63) is 57.4 Å². The first-order valence-corrected chi connectivity index (χ1v) is 10.8. The Morgan fingerprint density at radius 2 is 2.14 bits per heavy atom. The van der Waals surface area contributed by atoms with Crippen LogP contribution < -0.4 is 10.9 Å². The minimum atomic E-state index is -0.217. The number of hydrogen-bond donors (Lipinski definition) is 1. The number of unbranched alkanes of at least 4 members (excludes halogenated alkanes) is 2. The third-order valence-corrected chi connectivity index (χ3v) is 6.00. The molecule has 1 aliphatic rings. The molecule has 2 aromatic heterocycles. The van der Waals surface area contributed by atoms with E-state index in [0.717, 1.165) is 24.8 Å². The van der Waals surface area contributed by atoms with Crippen molar-refractivity contribution in [2.45, 2.75) is 33.1 Å². The summed E-state index contributed by atoms with van der Waals surface area (Å²) >= 11 is 6.49. The summed E-state index contributed by atoms with van der Waals surface area (Å²) in [5.41, 5.74) is 1.66. The van der Waals surface area contributed by atoms with Crippen LogP contribution in [0.4, 0.5) is 5.82 Å². The number of thioether (sulfide) groups is 1. The van der Waals surface area contributed by atoms with E-state index in [1.807, 2.05) is 19.1 Å². The molecule has 1 aliphatic heterocycles. The number of nitrogens with one attached hydrogen (secondary N) is 1. The van der Waals surface area contributed by atoms with E-state index < -0.39 is 0 Å². The molecule has 3 rings (SSSR count). The van der Waals surface area contributed by atoms with E-state index in [2.05, 4.69) is 18.8 Å². The maximum atomic E-state index is 13.2. The van der Waals surface area contributed by atoms with Gasteiger partial charge in [-0.3, -0.25) is 18.9 Å². The molecule has 2 aromatic rings. The van der Waals surface area contributed by atoms with Crippen molar-refractivity contribution in [3.8, 4) is 0 Å². The number of amides is 1. The Kier molecular flexibility index (Phi) is 6.87.